The lowest BCUT2D eigenvalue weighted by molar-refractivity contribution is 0.0918. The van der Waals surface area contributed by atoms with Crippen molar-refractivity contribution in [3.05, 3.63) is 22.4 Å². The molecule has 1 amide bonds. The van der Waals surface area contributed by atoms with E-state index in [4.69, 9.17) is 0 Å². The van der Waals surface area contributed by atoms with Gasteiger partial charge in [0.1, 0.15) is 5.69 Å². The fourth-order valence-electron chi connectivity index (χ4n) is 2.60. The first-order chi connectivity index (χ1) is 8.70. The van der Waals surface area contributed by atoms with E-state index < -0.39 is 0 Å². The Kier molecular flexibility index (Phi) is 4.87. The second kappa shape index (κ2) is 6.41. The summed E-state index contributed by atoms with van der Waals surface area (Å²) in [5.41, 5.74) is 0.772. The Morgan fingerprint density at radius 3 is 2.83 bits per heavy atom. The Balaban J connectivity index is 2.03. The summed E-state index contributed by atoms with van der Waals surface area (Å²) >= 11 is 3.45. The fourth-order valence-corrected chi connectivity index (χ4v) is 3.06. The number of rotatable bonds is 4. The first-order valence-electron chi connectivity index (χ1n) is 6.87. The molecule has 0 radical (unpaired) electrons. The zero-order chi connectivity index (χ0) is 13.0. The minimum atomic E-state index is 0.0704. The maximum absolute atomic E-state index is 12.3. The van der Waals surface area contributed by atoms with E-state index in [-0.39, 0.29) is 5.91 Å². The van der Waals surface area contributed by atoms with Gasteiger partial charge in [-0.25, -0.2) is 0 Å². The van der Waals surface area contributed by atoms with Crippen molar-refractivity contribution in [1.29, 1.82) is 0 Å². The average Bonchev–Trinajstić information content (AvgIpc) is 2.72. The molecule has 1 saturated carbocycles. The smallest absolute Gasteiger partial charge is 0.268 e. The van der Waals surface area contributed by atoms with Crippen LogP contribution in [-0.4, -0.2) is 16.5 Å². The molecule has 0 aromatic carbocycles. The Morgan fingerprint density at radius 2 is 2.17 bits per heavy atom. The number of carbonyl (C=O) groups is 1. The van der Waals surface area contributed by atoms with Crippen LogP contribution in [-0.2, 0) is 6.54 Å². The lowest BCUT2D eigenvalue weighted by Gasteiger charge is -2.23. The van der Waals surface area contributed by atoms with E-state index in [9.17, 15) is 4.79 Å². The predicted octanol–water partition coefficient (Wildman–Crippen LogP) is 3.72. The van der Waals surface area contributed by atoms with E-state index in [1.807, 2.05) is 16.8 Å². The van der Waals surface area contributed by atoms with E-state index in [0.29, 0.717) is 6.04 Å². The number of nitrogens with one attached hydrogen (secondary N) is 1. The van der Waals surface area contributed by atoms with Gasteiger partial charge in [-0.1, -0.05) is 26.2 Å². The van der Waals surface area contributed by atoms with Crippen LogP contribution in [0.3, 0.4) is 0 Å². The molecule has 3 nitrogen and oxygen atoms in total. The molecular weight excluding hydrogens is 292 g/mol. The zero-order valence-corrected chi connectivity index (χ0v) is 12.5. The molecule has 1 aliphatic carbocycles. The first-order valence-corrected chi connectivity index (χ1v) is 7.66. The van der Waals surface area contributed by atoms with Crippen molar-refractivity contribution in [1.82, 2.24) is 9.88 Å². The molecule has 100 valence electrons. The van der Waals surface area contributed by atoms with Crippen LogP contribution in [0.2, 0.25) is 0 Å². The normalized spacial score (nSPS) is 16.8. The Hall–Kier alpha value is -0.770. The SMILES string of the molecule is CCCn1cc(Br)cc1C(=O)NC1CCCCC1. The van der Waals surface area contributed by atoms with Gasteiger partial charge in [0.25, 0.3) is 5.91 Å². The molecule has 0 bridgehead atoms. The van der Waals surface area contributed by atoms with Crippen LogP contribution >= 0.6 is 15.9 Å². The van der Waals surface area contributed by atoms with Crippen molar-refractivity contribution >= 4 is 21.8 Å². The lowest BCUT2D eigenvalue weighted by Crippen LogP contribution is -2.37. The van der Waals surface area contributed by atoms with E-state index in [0.717, 1.165) is 36.0 Å². The fraction of sp³-hybridized carbons (Fsp3) is 0.643. The minimum Gasteiger partial charge on any atom is -0.348 e. The topological polar surface area (TPSA) is 34.0 Å². The number of hydrogen-bond donors (Lipinski definition) is 1. The van der Waals surface area contributed by atoms with Gasteiger partial charge in [0.15, 0.2) is 0 Å². The maximum atomic E-state index is 12.3. The summed E-state index contributed by atoms with van der Waals surface area (Å²) in [6.07, 6.45) is 9.06. The highest BCUT2D eigenvalue weighted by Crippen LogP contribution is 2.19. The summed E-state index contributed by atoms with van der Waals surface area (Å²) in [6.45, 7) is 3.01. The second-order valence-corrected chi connectivity index (χ2v) is 5.96. The van der Waals surface area contributed by atoms with Crippen LogP contribution in [0, 0.1) is 0 Å². The monoisotopic (exact) mass is 312 g/mol. The van der Waals surface area contributed by atoms with Crippen molar-refractivity contribution < 1.29 is 4.79 Å². The summed E-state index contributed by atoms with van der Waals surface area (Å²) in [7, 11) is 0. The Bertz CT molecular complexity index is 408. The van der Waals surface area contributed by atoms with Crippen molar-refractivity contribution in [2.75, 3.05) is 0 Å². The summed E-state index contributed by atoms with van der Waals surface area (Å²) in [4.78, 5) is 12.3. The summed E-state index contributed by atoms with van der Waals surface area (Å²) in [6, 6.07) is 2.28. The van der Waals surface area contributed by atoms with Crippen LogP contribution in [0.1, 0.15) is 55.9 Å². The number of carbonyl (C=O) groups excluding carboxylic acids is 1. The van der Waals surface area contributed by atoms with Crippen LogP contribution < -0.4 is 5.32 Å². The van der Waals surface area contributed by atoms with Crippen LogP contribution in [0.15, 0.2) is 16.7 Å². The Labute approximate surface area is 117 Å². The summed E-state index contributed by atoms with van der Waals surface area (Å²) < 4.78 is 3.01. The van der Waals surface area contributed by atoms with Gasteiger partial charge < -0.3 is 9.88 Å². The van der Waals surface area contributed by atoms with Gasteiger partial charge in [-0.2, -0.15) is 0 Å². The highest BCUT2D eigenvalue weighted by atomic mass is 79.9. The van der Waals surface area contributed by atoms with Crippen molar-refractivity contribution in [3.8, 4) is 0 Å². The van der Waals surface area contributed by atoms with Gasteiger partial charge >= 0.3 is 0 Å². The zero-order valence-electron chi connectivity index (χ0n) is 10.9. The maximum Gasteiger partial charge on any atom is 0.268 e. The molecule has 1 heterocycles. The van der Waals surface area contributed by atoms with Gasteiger partial charge in [0.05, 0.1) is 0 Å². The number of nitrogens with zero attached hydrogens (tertiary/aromatic N) is 1. The molecule has 1 fully saturated rings. The molecule has 1 aromatic rings. The van der Waals surface area contributed by atoms with Gasteiger partial charge in [-0.3, -0.25) is 4.79 Å². The lowest BCUT2D eigenvalue weighted by atomic mass is 9.95. The number of aryl methyl sites for hydroxylation is 1. The van der Waals surface area contributed by atoms with Crippen LogP contribution in [0.4, 0.5) is 0 Å². The molecule has 1 aromatic heterocycles. The first kappa shape index (κ1) is 13.7. The van der Waals surface area contributed by atoms with Crippen LogP contribution in [0.5, 0.6) is 0 Å². The molecule has 0 spiro atoms. The third kappa shape index (κ3) is 3.37. The van der Waals surface area contributed by atoms with Crippen LogP contribution in [0.25, 0.3) is 0 Å². The largest absolute Gasteiger partial charge is 0.348 e. The van der Waals surface area contributed by atoms with E-state index in [1.54, 1.807) is 0 Å². The molecule has 0 unspecified atom stereocenters. The predicted molar refractivity (Wildman–Crippen MR) is 76.8 cm³/mol. The van der Waals surface area contributed by atoms with Gasteiger partial charge in [0.2, 0.25) is 0 Å². The van der Waals surface area contributed by atoms with Crippen molar-refractivity contribution in [2.24, 2.45) is 0 Å². The highest BCUT2D eigenvalue weighted by molar-refractivity contribution is 9.10. The molecule has 0 aliphatic heterocycles. The summed E-state index contributed by atoms with van der Waals surface area (Å²) in [5.74, 6) is 0.0704. The van der Waals surface area contributed by atoms with E-state index >= 15 is 0 Å². The second-order valence-electron chi connectivity index (χ2n) is 5.05. The number of hydrogen-bond acceptors (Lipinski definition) is 1. The quantitative estimate of drug-likeness (QED) is 0.903. The molecule has 0 saturated heterocycles. The third-order valence-corrected chi connectivity index (χ3v) is 3.93. The average molecular weight is 313 g/mol. The molecule has 4 heteroatoms. The summed E-state index contributed by atoms with van der Waals surface area (Å²) in [5, 5.41) is 3.17. The standard InChI is InChI=1S/C14H21BrN2O/c1-2-8-17-10-11(15)9-13(17)14(18)16-12-6-4-3-5-7-12/h9-10,12H,2-8H2,1H3,(H,16,18). The highest BCUT2D eigenvalue weighted by Gasteiger charge is 2.19. The minimum absolute atomic E-state index is 0.0704. The van der Waals surface area contributed by atoms with Gasteiger partial charge in [-0.15, -0.1) is 0 Å². The number of halogens is 1. The third-order valence-electron chi connectivity index (χ3n) is 3.50. The molecule has 0 atom stereocenters. The Morgan fingerprint density at radius 1 is 1.44 bits per heavy atom. The number of aromatic nitrogens is 1. The molecule has 18 heavy (non-hydrogen) atoms. The van der Waals surface area contributed by atoms with Gasteiger partial charge in [0, 0.05) is 23.3 Å². The molecular formula is C14H21BrN2O. The van der Waals surface area contributed by atoms with E-state index in [2.05, 4.69) is 28.2 Å². The number of amides is 1. The molecule has 1 N–H and O–H groups in total. The molecule has 2 rings (SSSR count). The van der Waals surface area contributed by atoms with E-state index in [1.165, 1.54) is 19.3 Å². The molecule has 1 aliphatic rings. The van der Waals surface area contributed by atoms with Crippen molar-refractivity contribution in [2.45, 2.75) is 58.0 Å². The van der Waals surface area contributed by atoms with Crippen molar-refractivity contribution in [3.63, 3.8) is 0 Å². The van der Waals surface area contributed by atoms with Gasteiger partial charge in [-0.05, 0) is 41.3 Å².